The Bertz CT molecular complexity index is 1270. The molecule has 3 aromatic carbocycles. The Hall–Kier alpha value is -4.05. The van der Waals surface area contributed by atoms with Crippen molar-refractivity contribution < 1.29 is 32.2 Å². The lowest BCUT2D eigenvalue weighted by Gasteiger charge is -2.16. The number of methoxy groups -OCH3 is 2. The number of carbonyl (C=O) groups is 2. The molecule has 2 N–H and O–H groups in total. The SMILES string of the molecule is CCOC(=O)c1ccc(NC(=O)c2cc(NS(=O)(=O)c3ccccc3)c(OC)c(OC)c2)cc1. The minimum atomic E-state index is -3.95. The summed E-state index contributed by atoms with van der Waals surface area (Å²) in [6.07, 6.45) is 0. The fourth-order valence-electron chi connectivity index (χ4n) is 3.08. The number of benzene rings is 3. The van der Waals surface area contributed by atoms with Crippen molar-refractivity contribution in [3.05, 3.63) is 77.9 Å². The smallest absolute Gasteiger partial charge is 0.338 e. The number of hydrogen-bond donors (Lipinski definition) is 2. The number of esters is 1. The van der Waals surface area contributed by atoms with Gasteiger partial charge in [-0.25, -0.2) is 13.2 Å². The molecule has 34 heavy (non-hydrogen) atoms. The van der Waals surface area contributed by atoms with Crippen molar-refractivity contribution >= 4 is 33.3 Å². The minimum Gasteiger partial charge on any atom is -0.493 e. The van der Waals surface area contributed by atoms with E-state index in [4.69, 9.17) is 14.2 Å². The maximum atomic E-state index is 12.9. The van der Waals surface area contributed by atoms with Gasteiger partial charge in [-0.15, -0.1) is 0 Å². The van der Waals surface area contributed by atoms with Crippen LogP contribution in [0.25, 0.3) is 0 Å². The Morgan fingerprint density at radius 3 is 2.15 bits per heavy atom. The summed E-state index contributed by atoms with van der Waals surface area (Å²) in [6, 6.07) is 16.8. The van der Waals surface area contributed by atoms with Crippen LogP contribution in [0.3, 0.4) is 0 Å². The molecule has 0 aliphatic rings. The molecule has 0 heterocycles. The first-order valence-electron chi connectivity index (χ1n) is 10.2. The van der Waals surface area contributed by atoms with Gasteiger partial charge in [-0.3, -0.25) is 9.52 Å². The van der Waals surface area contributed by atoms with E-state index in [9.17, 15) is 18.0 Å². The van der Waals surface area contributed by atoms with Crippen LogP contribution < -0.4 is 19.5 Å². The molecule has 3 aromatic rings. The van der Waals surface area contributed by atoms with Crippen LogP contribution in [0.4, 0.5) is 11.4 Å². The van der Waals surface area contributed by atoms with Crippen LogP contribution in [0.2, 0.25) is 0 Å². The molecule has 0 saturated heterocycles. The third-order valence-electron chi connectivity index (χ3n) is 4.69. The lowest BCUT2D eigenvalue weighted by molar-refractivity contribution is 0.0526. The van der Waals surface area contributed by atoms with Crippen molar-refractivity contribution in [2.24, 2.45) is 0 Å². The van der Waals surface area contributed by atoms with Gasteiger partial charge in [0.15, 0.2) is 11.5 Å². The largest absolute Gasteiger partial charge is 0.493 e. The zero-order valence-electron chi connectivity index (χ0n) is 18.8. The van der Waals surface area contributed by atoms with E-state index >= 15 is 0 Å². The van der Waals surface area contributed by atoms with E-state index < -0.39 is 21.9 Å². The third kappa shape index (κ3) is 5.65. The van der Waals surface area contributed by atoms with E-state index in [2.05, 4.69) is 10.0 Å². The molecule has 0 bridgehead atoms. The summed E-state index contributed by atoms with van der Waals surface area (Å²) in [4.78, 5) is 24.8. The predicted molar refractivity (Wildman–Crippen MR) is 127 cm³/mol. The monoisotopic (exact) mass is 484 g/mol. The average molecular weight is 485 g/mol. The standard InChI is InChI=1S/C24H24N2O7S/c1-4-33-24(28)16-10-12-18(13-11-16)25-23(27)17-14-20(22(32-3)21(15-17)31-2)26-34(29,30)19-8-6-5-7-9-19/h5-15,26H,4H2,1-3H3,(H,25,27). The van der Waals surface area contributed by atoms with Crippen LogP contribution in [-0.2, 0) is 14.8 Å². The molecule has 0 aliphatic carbocycles. The number of carbonyl (C=O) groups excluding carboxylic acids is 2. The molecule has 0 radical (unpaired) electrons. The number of amides is 1. The number of hydrogen-bond acceptors (Lipinski definition) is 7. The van der Waals surface area contributed by atoms with Gasteiger partial charge >= 0.3 is 5.97 Å². The molecule has 0 spiro atoms. The number of sulfonamides is 1. The van der Waals surface area contributed by atoms with E-state index in [1.54, 1.807) is 37.3 Å². The van der Waals surface area contributed by atoms with Gasteiger partial charge in [0.05, 0.1) is 37.0 Å². The first-order chi connectivity index (χ1) is 16.3. The average Bonchev–Trinajstić information content (AvgIpc) is 2.84. The van der Waals surface area contributed by atoms with E-state index in [1.165, 1.54) is 50.6 Å². The van der Waals surface area contributed by atoms with Crippen molar-refractivity contribution in [3.8, 4) is 11.5 Å². The van der Waals surface area contributed by atoms with Crippen molar-refractivity contribution in [3.63, 3.8) is 0 Å². The zero-order valence-corrected chi connectivity index (χ0v) is 19.6. The molecule has 178 valence electrons. The second-order valence-corrected chi connectivity index (χ2v) is 8.61. The molecular weight excluding hydrogens is 460 g/mol. The lowest BCUT2D eigenvalue weighted by Crippen LogP contribution is -2.16. The molecule has 9 nitrogen and oxygen atoms in total. The zero-order chi connectivity index (χ0) is 24.7. The topological polar surface area (TPSA) is 120 Å². The van der Waals surface area contributed by atoms with Gasteiger partial charge in [-0.05, 0) is 55.5 Å². The summed E-state index contributed by atoms with van der Waals surface area (Å²) < 4.78 is 43.7. The quantitative estimate of drug-likeness (QED) is 0.442. The molecule has 0 fully saturated rings. The number of rotatable bonds is 9. The summed E-state index contributed by atoms with van der Waals surface area (Å²) in [5.74, 6) is -0.698. The van der Waals surface area contributed by atoms with Gasteiger partial charge in [-0.2, -0.15) is 0 Å². The highest BCUT2D eigenvalue weighted by Gasteiger charge is 2.22. The number of ether oxygens (including phenoxy) is 3. The van der Waals surface area contributed by atoms with Crippen molar-refractivity contribution in [2.45, 2.75) is 11.8 Å². The highest BCUT2D eigenvalue weighted by Crippen LogP contribution is 2.38. The summed E-state index contributed by atoms with van der Waals surface area (Å²) in [5, 5.41) is 2.70. The summed E-state index contributed by atoms with van der Waals surface area (Å²) >= 11 is 0. The summed E-state index contributed by atoms with van der Waals surface area (Å²) in [6.45, 7) is 1.97. The minimum absolute atomic E-state index is 0.0357. The van der Waals surface area contributed by atoms with Crippen LogP contribution in [0.15, 0.2) is 71.6 Å². The number of anilines is 2. The van der Waals surface area contributed by atoms with Crippen LogP contribution >= 0.6 is 0 Å². The van der Waals surface area contributed by atoms with Gasteiger partial charge in [0.2, 0.25) is 0 Å². The number of nitrogens with one attached hydrogen (secondary N) is 2. The van der Waals surface area contributed by atoms with Crippen LogP contribution in [0, 0.1) is 0 Å². The van der Waals surface area contributed by atoms with Crippen LogP contribution in [0.5, 0.6) is 11.5 Å². The second kappa shape index (κ2) is 10.7. The highest BCUT2D eigenvalue weighted by atomic mass is 32.2. The fourth-order valence-corrected chi connectivity index (χ4v) is 4.16. The normalized spacial score (nSPS) is 10.8. The Kier molecular flexibility index (Phi) is 7.75. The molecule has 0 unspecified atom stereocenters. The molecule has 10 heteroatoms. The Morgan fingerprint density at radius 1 is 0.882 bits per heavy atom. The first kappa shape index (κ1) is 24.6. The summed E-state index contributed by atoms with van der Waals surface area (Å²) in [5.41, 5.74) is 0.939. The van der Waals surface area contributed by atoms with Gasteiger partial charge in [0, 0.05) is 11.3 Å². The van der Waals surface area contributed by atoms with Crippen LogP contribution in [0.1, 0.15) is 27.6 Å². The Balaban J connectivity index is 1.90. The molecule has 0 atom stereocenters. The maximum absolute atomic E-state index is 12.9. The van der Waals surface area contributed by atoms with Gasteiger partial charge in [-0.1, -0.05) is 18.2 Å². The van der Waals surface area contributed by atoms with Crippen LogP contribution in [-0.4, -0.2) is 41.1 Å². The lowest BCUT2D eigenvalue weighted by atomic mass is 10.1. The van der Waals surface area contributed by atoms with Crippen molar-refractivity contribution in [1.82, 2.24) is 0 Å². The van der Waals surface area contributed by atoms with Crippen molar-refractivity contribution in [2.75, 3.05) is 30.9 Å². The Labute approximate surface area is 197 Å². The summed E-state index contributed by atoms with van der Waals surface area (Å²) in [7, 11) is -1.21. The van der Waals surface area contributed by atoms with E-state index in [-0.39, 0.29) is 34.3 Å². The van der Waals surface area contributed by atoms with Gasteiger partial charge in [0.1, 0.15) is 0 Å². The Morgan fingerprint density at radius 2 is 1.56 bits per heavy atom. The van der Waals surface area contributed by atoms with Crippen molar-refractivity contribution in [1.29, 1.82) is 0 Å². The van der Waals surface area contributed by atoms with E-state index in [0.29, 0.717) is 11.3 Å². The molecule has 0 aromatic heterocycles. The van der Waals surface area contributed by atoms with Gasteiger partial charge < -0.3 is 19.5 Å². The molecule has 3 rings (SSSR count). The molecule has 0 saturated carbocycles. The predicted octanol–water partition coefficient (Wildman–Crippen LogP) is 3.93. The second-order valence-electron chi connectivity index (χ2n) is 6.93. The highest BCUT2D eigenvalue weighted by molar-refractivity contribution is 7.92. The molecular formula is C24H24N2O7S. The van der Waals surface area contributed by atoms with Gasteiger partial charge in [0.25, 0.3) is 15.9 Å². The fraction of sp³-hybridized carbons (Fsp3) is 0.167. The molecule has 1 amide bonds. The first-order valence-corrected chi connectivity index (χ1v) is 11.7. The van der Waals surface area contributed by atoms with E-state index in [1.807, 2.05) is 0 Å². The molecule has 0 aliphatic heterocycles. The maximum Gasteiger partial charge on any atom is 0.338 e. The van der Waals surface area contributed by atoms with E-state index in [0.717, 1.165) is 0 Å². The third-order valence-corrected chi connectivity index (χ3v) is 6.07.